The summed E-state index contributed by atoms with van der Waals surface area (Å²) >= 11 is 6.22. The van der Waals surface area contributed by atoms with E-state index in [9.17, 15) is 19.7 Å². The van der Waals surface area contributed by atoms with E-state index in [1.165, 1.54) is 31.4 Å². The van der Waals surface area contributed by atoms with Gasteiger partial charge in [0.25, 0.3) is 17.5 Å². The molecule has 9 heteroatoms. The van der Waals surface area contributed by atoms with Crippen LogP contribution in [0.4, 0.5) is 17.1 Å². The normalized spacial score (nSPS) is 13.5. The summed E-state index contributed by atoms with van der Waals surface area (Å²) in [5, 5.41) is 14.4. The summed E-state index contributed by atoms with van der Waals surface area (Å²) in [6, 6.07) is 17.4. The number of hydrogen-bond acceptors (Lipinski definition) is 6. The molecule has 0 atom stereocenters. The molecule has 0 radical (unpaired) electrons. The smallest absolute Gasteiger partial charge is 0.282 e. The van der Waals surface area contributed by atoms with Gasteiger partial charge >= 0.3 is 0 Å². The largest absolute Gasteiger partial charge is 0.495 e. The number of nitro groups is 1. The molecular formula is C24H18ClN3O5. The van der Waals surface area contributed by atoms with Crippen molar-refractivity contribution in [1.82, 2.24) is 0 Å². The van der Waals surface area contributed by atoms with Crippen LogP contribution in [0.15, 0.2) is 72.4 Å². The van der Waals surface area contributed by atoms with E-state index in [0.717, 1.165) is 10.5 Å². The standard InChI is InChI=1S/C24H18ClN3O5/c1-14-5-3-4-6-19(14)27-23(29)21(15-7-10-17(11-8-15)28(31)32)22(24(27)30)26-16-9-12-20(33-2)18(25)13-16/h3-13,26H,1-2H3. The third-order valence-corrected chi connectivity index (χ3v) is 5.52. The number of carbonyl (C=O) groups excluding carboxylic acids is 2. The molecule has 166 valence electrons. The molecule has 0 fully saturated rings. The Kier molecular flexibility index (Phi) is 5.85. The Morgan fingerprint density at radius 2 is 1.70 bits per heavy atom. The maximum absolute atomic E-state index is 13.5. The number of halogens is 1. The average Bonchev–Trinajstić information content (AvgIpc) is 3.03. The minimum Gasteiger partial charge on any atom is -0.495 e. The van der Waals surface area contributed by atoms with Gasteiger partial charge in [-0.05, 0) is 54.4 Å². The Bertz CT molecular complexity index is 1320. The van der Waals surface area contributed by atoms with Gasteiger partial charge in [-0.1, -0.05) is 29.8 Å². The highest BCUT2D eigenvalue weighted by atomic mass is 35.5. The van der Waals surface area contributed by atoms with Crippen LogP contribution in [-0.4, -0.2) is 23.8 Å². The molecule has 0 bridgehead atoms. The fourth-order valence-electron chi connectivity index (χ4n) is 3.58. The zero-order valence-electron chi connectivity index (χ0n) is 17.7. The van der Waals surface area contributed by atoms with E-state index in [-0.39, 0.29) is 17.0 Å². The van der Waals surface area contributed by atoms with E-state index in [2.05, 4.69) is 5.32 Å². The van der Waals surface area contributed by atoms with Crippen LogP contribution in [0.1, 0.15) is 11.1 Å². The minimum atomic E-state index is -0.547. The first-order chi connectivity index (χ1) is 15.8. The zero-order chi connectivity index (χ0) is 23.7. The number of nitrogens with one attached hydrogen (secondary N) is 1. The van der Waals surface area contributed by atoms with Gasteiger partial charge in [0.05, 0.1) is 28.3 Å². The van der Waals surface area contributed by atoms with Crippen LogP contribution < -0.4 is 15.0 Å². The second kappa shape index (κ2) is 8.76. The lowest BCUT2D eigenvalue weighted by atomic mass is 10.0. The number of amides is 2. The minimum absolute atomic E-state index is 0.0401. The van der Waals surface area contributed by atoms with Gasteiger partial charge in [0.2, 0.25) is 0 Å². The van der Waals surface area contributed by atoms with Crippen molar-refractivity contribution in [1.29, 1.82) is 0 Å². The number of hydrogen-bond donors (Lipinski definition) is 1. The number of non-ortho nitro benzene ring substituents is 1. The van der Waals surface area contributed by atoms with E-state index >= 15 is 0 Å². The highest BCUT2D eigenvalue weighted by Crippen LogP contribution is 2.36. The van der Waals surface area contributed by atoms with Crippen molar-refractivity contribution in [3.8, 4) is 5.75 Å². The van der Waals surface area contributed by atoms with Gasteiger partial charge in [-0.25, -0.2) is 4.90 Å². The number of anilines is 2. The molecule has 1 N–H and O–H groups in total. The van der Waals surface area contributed by atoms with Crippen LogP contribution >= 0.6 is 11.6 Å². The van der Waals surface area contributed by atoms with Gasteiger partial charge in [-0.3, -0.25) is 19.7 Å². The first-order valence-corrected chi connectivity index (χ1v) is 10.2. The van der Waals surface area contributed by atoms with Crippen LogP contribution in [0, 0.1) is 17.0 Å². The van der Waals surface area contributed by atoms with Crippen LogP contribution in [-0.2, 0) is 9.59 Å². The van der Waals surface area contributed by atoms with Crippen LogP contribution in [0.25, 0.3) is 5.57 Å². The maximum Gasteiger partial charge on any atom is 0.282 e. The number of methoxy groups -OCH3 is 1. The highest BCUT2D eigenvalue weighted by Gasteiger charge is 2.40. The van der Waals surface area contributed by atoms with Crippen molar-refractivity contribution in [3.63, 3.8) is 0 Å². The molecular weight excluding hydrogens is 446 g/mol. The van der Waals surface area contributed by atoms with E-state index in [4.69, 9.17) is 16.3 Å². The molecule has 4 rings (SSSR count). The molecule has 1 aliphatic rings. The molecule has 0 saturated heterocycles. The van der Waals surface area contributed by atoms with Crippen molar-refractivity contribution >= 4 is 46.1 Å². The molecule has 0 aromatic heterocycles. The third-order valence-electron chi connectivity index (χ3n) is 5.23. The molecule has 0 unspecified atom stereocenters. The van der Waals surface area contributed by atoms with Gasteiger partial charge < -0.3 is 10.1 Å². The fourth-order valence-corrected chi connectivity index (χ4v) is 3.84. The second-order valence-electron chi connectivity index (χ2n) is 7.26. The predicted octanol–water partition coefficient (Wildman–Crippen LogP) is 4.96. The van der Waals surface area contributed by atoms with Crippen molar-refractivity contribution in [2.75, 3.05) is 17.3 Å². The Morgan fingerprint density at radius 1 is 1.00 bits per heavy atom. The number of benzene rings is 3. The summed E-state index contributed by atoms with van der Waals surface area (Å²) in [5.74, 6) is -0.623. The Balaban J connectivity index is 1.83. The number of ether oxygens (including phenoxy) is 1. The van der Waals surface area contributed by atoms with Crippen molar-refractivity contribution in [3.05, 3.63) is 98.7 Å². The zero-order valence-corrected chi connectivity index (χ0v) is 18.4. The lowest BCUT2D eigenvalue weighted by Crippen LogP contribution is -2.33. The molecule has 2 amide bonds. The number of carbonyl (C=O) groups is 2. The van der Waals surface area contributed by atoms with Crippen LogP contribution in [0.5, 0.6) is 5.75 Å². The lowest BCUT2D eigenvalue weighted by Gasteiger charge is -2.17. The van der Waals surface area contributed by atoms with E-state index in [1.54, 1.807) is 43.3 Å². The molecule has 3 aromatic rings. The first-order valence-electron chi connectivity index (χ1n) is 9.86. The van der Waals surface area contributed by atoms with E-state index in [1.807, 2.05) is 6.07 Å². The number of imide groups is 1. The number of rotatable bonds is 6. The van der Waals surface area contributed by atoms with Crippen LogP contribution in [0.3, 0.4) is 0 Å². The summed E-state index contributed by atoms with van der Waals surface area (Å²) in [5.41, 5.74) is 2.07. The molecule has 33 heavy (non-hydrogen) atoms. The second-order valence-corrected chi connectivity index (χ2v) is 7.67. The predicted molar refractivity (Wildman–Crippen MR) is 125 cm³/mol. The Labute approximate surface area is 194 Å². The average molecular weight is 464 g/mol. The highest BCUT2D eigenvalue weighted by molar-refractivity contribution is 6.46. The summed E-state index contributed by atoms with van der Waals surface area (Å²) in [6.45, 7) is 1.80. The van der Waals surface area contributed by atoms with Crippen molar-refractivity contribution in [2.24, 2.45) is 0 Å². The molecule has 0 saturated carbocycles. The monoisotopic (exact) mass is 463 g/mol. The molecule has 0 aliphatic carbocycles. The Hall–Kier alpha value is -4.17. The van der Waals surface area contributed by atoms with Gasteiger partial charge in [-0.15, -0.1) is 0 Å². The number of aryl methyl sites for hydroxylation is 1. The van der Waals surface area contributed by atoms with Gasteiger partial charge in [0.1, 0.15) is 11.4 Å². The topological polar surface area (TPSA) is 102 Å². The summed E-state index contributed by atoms with van der Waals surface area (Å²) in [6.07, 6.45) is 0. The van der Waals surface area contributed by atoms with E-state index in [0.29, 0.717) is 27.7 Å². The SMILES string of the molecule is COc1ccc(NC2=C(c3ccc([N+](=O)[O-])cc3)C(=O)N(c3ccccc3C)C2=O)cc1Cl. The van der Waals surface area contributed by atoms with Gasteiger partial charge in [0.15, 0.2) is 0 Å². The maximum atomic E-state index is 13.5. The molecule has 0 spiro atoms. The summed E-state index contributed by atoms with van der Waals surface area (Å²) in [7, 11) is 1.49. The van der Waals surface area contributed by atoms with Crippen LogP contribution in [0.2, 0.25) is 5.02 Å². The first kappa shape index (κ1) is 22.0. The van der Waals surface area contributed by atoms with Gasteiger partial charge in [-0.2, -0.15) is 0 Å². The van der Waals surface area contributed by atoms with Crippen molar-refractivity contribution in [2.45, 2.75) is 6.92 Å². The summed E-state index contributed by atoms with van der Waals surface area (Å²) < 4.78 is 5.16. The summed E-state index contributed by atoms with van der Waals surface area (Å²) in [4.78, 5) is 38.6. The quantitative estimate of drug-likeness (QED) is 0.315. The molecule has 3 aromatic carbocycles. The molecule has 1 aliphatic heterocycles. The lowest BCUT2D eigenvalue weighted by molar-refractivity contribution is -0.384. The molecule has 1 heterocycles. The third kappa shape index (κ3) is 4.04. The number of nitro benzene ring substituents is 1. The van der Waals surface area contributed by atoms with Crippen molar-refractivity contribution < 1.29 is 19.2 Å². The van der Waals surface area contributed by atoms with E-state index < -0.39 is 16.7 Å². The fraction of sp³-hybridized carbons (Fsp3) is 0.0833. The number of nitrogens with zero attached hydrogens (tertiary/aromatic N) is 2. The molecule has 8 nitrogen and oxygen atoms in total. The number of para-hydroxylation sites is 1. The Morgan fingerprint density at radius 3 is 2.30 bits per heavy atom. The van der Waals surface area contributed by atoms with Gasteiger partial charge in [0, 0.05) is 17.8 Å².